The highest BCUT2D eigenvalue weighted by molar-refractivity contribution is 6.02. The van der Waals surface area contributed by atoms with Crippen LogP contribution in [0.1, 0.15) is 300 Å². The number of carbonyl (C=O) groups is 5. The number of amides is 5. The Balaban J connectivity index is 0.000000170. The number of hydrogen-bond donors (Lipinski definition) is 1. The number of aryl methyl sites for hydroxylation is 6. The van der Waals surface area contributed by atoms with E-state index in [1.54, 1.807) is 58.8 Å². The summed E-state index contributed by atoms with van der Waals surface area (Å²) in [4.78, 5) is 102. The Morgan fingerprint density at radius 2 is 0.662 bits per heavy atom. The molecule has 1 aliphatic carbocycles. The summed E-state index contributed by atoms with van der Waals surface area (Å²) in [5, 5.41) is 34.6. The summed E-state index contributed by atoms with van der Waals surface area (Å²) in [6.07, 6.45) is 14.1. The summed E-state index contributed by atoms with van der Waals surface area (Å²) in [5.41, 5.74) is 10.8. The summed E-state index contributed by atoms with van der Waals surface area (Å²) in [6, 6.07) is 39.7. The fourth-order valence-electron chi connectivity index (χ4n) is 17.0. The molecule has 1 fully saturated rings. The molecule has 0 spiro atoms. The maximum absolute atomic E-state index is 14.5. The monoisotopic (exact) mass is 1940 g/mol. The van der Waals surface area contributed by atoms with Gasteiger partial charge in [-0.3, -0.25) is 24.0 Å². The number of carbonyl (C=O) groups excluding carboxylic acids is 5. The Labute approximate surface area is 832 Å². The number of likely N-dealkylation sites (N-methyl/N-ethyl adjacent to an activating group) is 5. The zero-order chi connectivity index (χ0) is 103. The molecule has 1 saturated carbocycles. The molecule has 754 valence electrons. The van der Waals surface area contributed by atoms with E-state index < -0.39 is 17.2 Å². The number of halogens is 2. The molecule has 1 N–H and O–H groups in total. The molecule has 0 saturated heterocycles. The van der Waals surface area contributed by atoms with Crippen molar-refractivity contribution in [2.24, 2.45) is 0 Å². The highest BCUT2D eigenvalue weighted by Crippen LogP contribution is 2.42. The van der Waals surface area contributed by atoms with Gasteiger partial charge in [0.25, 0.3) is 29.5 Å². The number of rotatable bonds is 31. The lowest BCUT2D eigenvalue weighted by Crippen LogP contribution is -2.33. The molecule has 15 rings (SSSR count). The molecule has 0 unspecified atom stereocenters. The predicted molar refractivity (Wildman–Crippen MR) is 542 cm³/mol. The Morgan fingerprint density at radius 3 is 1.03 bits per heavy atom. The number of para-hydroxylation sites is 2. The molecule has 14 aromatic rings. The number of aliphatic hydroxyl groups is 1. The van der Waals surface area contributed by atoms with Gasteiger partial charge in [-0.1, -0.05) is 168 Å². The van der Waals surface area contributed by atoms with E-state index in [1.165, 1.54) is 83.1 Å². The second-order valence-electron chi connectivity index (χ2n) is 39.8. The van der Waals surface area contributed by atoms with Crippen molar-refractivity contribution in [2.45, 2.75) is 251 Å². The summed E-state index contributed by atoms with van der Waals surface area (Å²) in [6.45, 7) is 55.1. The van der Waals surface area contributed by atoms with Gasteiger partial charge in [0.2, 0.25) is 0 Å². The Bertz CT molecular complexity index is 6370. The molecule has 5 amide bonds. The molecule has 32 heteroatoms. The van der Waals surface area contributed by atoms with Crippen LogP contribution in [0.15, 0.2) is 193 Å². The molecule has 0 aliphatic heterocycles. The highest BCUT2D eigenvalue weighted by atomic mass is 19.1. The molecule has 6 aromatic carbocycles. The van der Waals surface area contributed by atoms with Crippen LogP contribution >= 0.6 is 0 Å². The summed E-state index contributed by atoms with van der Waals surface area (Å²) in [7, 11) is 0. The van der Waals surface area contributed by atoms with Crippen LogP contribution in [0.25, 0.3) is 28.2 Å². The normalized spacial score (nSPS) is 12.1. The lowest BCUT2D eigenvalue weighted by atomic mass is 9.91. The van der Waals surface area contributed by atoms with E-state index in [-0.39, 0.29) is 62.4 Å². The maximum atomic E-state index is 14.5. The molecule has 142 heavy (non-hydrogen) atoms. The third-order valence-corrected chi connectivity index (χ3v) is 24.1. The van der Waals surface area contributed by atoms with Crippen molar-refractivity contribution < 1.29 is 59.9 Å². The van der Waals surface area contributed by atoms with Crippen molar-refractivity contribution in [3.8, 4) is 28.2 Å². The first-order valence-electron chi connectivity index (χ1n) is 48.8. The molecular weight excluding hydrogens is 1800 g/mol. The number of benzene rings is 6. The average Bonchev–Trinajstić information content (AvgIpc) is 1.78. The van der Waals surface area contributed by atoms with Crippen molar-refractivity contribution in [2.75, 3.05) is 65.4 Å². The van der Waals surface area contributed by atoms with Crippen LogP contribution in [0.3, 0.4) is 0 Å². The highest BCUT2D eigenvalue weighted by Gasteiger charge is 2.34. The molecule has 30 nitrogen and oxygen atoms in total. The van der Waals surface area contributed by atoms with Crippen molar-refractivity contribution in [3.63, 3.8) is 0 Å². The van der Waals surface area contributed by atoms with Gasteiger partial charge in [0, 0.05) is 136 Å². The van der Waals surface area contributed by atoms with Crippen molar-refractivity contribution in [3.05, 3.63) is 308 Å². The van der Waals surface area contributed by atoms with Gasteiger partial charge in [-0.25, -0.2) is 33.7 Å². The third kappa shape index (κ3) is 27.8. The van der Waals surface area contributed by atoms with E-state index in [0.717, 1.165) is 72.9 Å². The van der Waals surface area contributed by atoms with Crippen LogP contribution in [-0.2, 0) is 59.4 Å². The minimum absolute atomic E-state index is 0.0158. The minimum Gasteiger partial charge on any atom is -0.446 e. The topological polar surface area (TPSA) is 344 Å². The first-order chi connectivity index (χ1) is 67.3. The van der Waals surface area contributed by atoms with Crippen LogP contribution in [-0.4, -0.2) is 194 Å². The quantitative estimate of drug-likeness (QED) is 0.0422. The van der Waals surface area contributed by atoms with E-state index >= 15 is 0 Å². The SMILES string of the molecule is CCN(CCc1nc(C(C)(C)C)c(C)o1)C(=O)c1ccc(F)cc1-n1nccn1.CCN(CCc1nc(C(C)(C)C)c(C)o1)C(=O)c1cccc(C)c1-n1nccn1.CCN(CCc1nc(C(C)(C)C)c(C)o1)C(=O)c1cccc(F)c1-n1nccn1.CCN(CCc1nc(C(C)(C)C)c(C)o1)C(=O)c1ccccc1C1CC1.CCN(CCc1nc(C(C)(C)O)c(C)o1)C(=O)c1ccccc1-c1ccccc1. The van der Waals surface area contributed by atoms with E-state index in [1.807, 2.05) is 165 Å². The minimum atomic E-state index is -1.05. The number of aromatic nitrogens is 14. The van der Waals surface area contributed by atoms with Crippen LogP contribution in [0.2, 0.25) is 0 Å². The van der Waals surface area contributed by atoms with Crippen molar-refractivity contribution >= 4 is 29.5 Å². The van der Waals surface area contributed by atoms with E-state index in [2.05, 4.69) is 145 Å². The third-order valence-electron chi connectivity index (χ3n) is 24.1. The summed E-state index contributed by atoms with van der Waals surface area (Å²) in [5.74, 6) is 6.11. The standard InChI is InChI=1S/C24H28N2O3.C22H29N5O2.C22H30N2O2.2C21H26FN5O2/c1-5-26(16-15-21-25-22(17(2)29-21)24(3,4)28)23(27)20-14-10-9-13-19(20)18-11-7-6-8-12-18;1-7-26(14-11-18-25-20(16(3)29-18)22(4,5)6)21(28)17-10-8-9-15(2)19(17)27-23-12-13-24-27;1-6-24(14-13-19-23-20(15(2)26-19)22(3,4)5)21(25)18-10-8-7-9-17(18)16-11-12-16;1-6-26(12-9-18-25-19(14(2)29-18)21(3,4)5)20(28)16-8-7-15(22)13-17(16)27-23-10-11-24-27;1-6-26(13-10-17-25-19(14(2)29-17)21(3,4)5)20(28)15-8-7-9-16(22)18(15)27-23-11-12-24-27/h6-14,28H,5,15-16H2,1-4H3;8-10,12-13H,7,11,14H2,1-6H3;7-10,16H,6,11-14H2,1-5H3;7-8,10-11,13H,6,9,12H2,1-5H3;7-9,11-12H,6,10,13H2,1-5H3. The zero-order valence-corrected chi connectivity index (χ0v) is 87.0. The maximum Gasteiger partial charge on any atom is 0.256 e. The van der Waals surface area contributed by atoms with Gasteiger partial charge in [-0.15, -0.1) is 4.80 Å². The predicted octanol–water partition coefficient (Wildman–Crippen LogP) is 20.7. The molecule has 0 atom stereocenters. The van der Waals surface area contributed by atoms with Gasteiger partial charge in [-0.2, -0.15) is 40.2 Å². The van der Waals surface area contributed by atoms with E-state index in [0.29, 0.717) is 172 Å². The number of nitrogens with zero attached hydrogens (tertiary/aromatic N) is 19. The van der Waals surface area contributed by atoms with Crippen LogP contribution in [0, 0.1) is 53.2 Å². The van der Waals surface area contributed by atoms with Crippen molar-refractivity contribution in [1.29, 1.82) is 0 Å². The first kappa shape index (κ1) is 108. The Hall–Kier alpha value is -14.0. The number of oxazole rings is 5. The Morgan fingerprint density at radius 1 is 0.352 bits per heavy atom. The second-order valence-corrected chi connectivity index (χ2v) is 39.8. The average molecular weight is 1940 g/mol. The summed E-state index contributed by atoms with van der Waals surface area (Å²) < 4.78 is 57.2. The fraction of sp³-hybridized carbons (Fsp3) is 0.436. The lowest BCUT2D eigenvalue weighted by Gasteiger charge is -2.22. The van der Waals surface area contributed by atoms with Crippen LogP contribution in [0.4, 0.5) is 8.78 Å². The molecule has 1 aliphatic rings. The van der Waals surface area contributed by atoms with E-state index in [4.69, 9.17) is 22.1 Å². The molecule has 8 aromatic heterocycles. The van der Waals surface area contributed by atoms with Gasteiger partial charge in [-0.05, 0) is 173 Å². The zero-order valence-electron chi connectivity index (χ0n) is 87.0. The Kier molecular flexibility index (Phi) is 36.2. The van der Waals surface area contributed by atoms with Gasteiger partial charge >= 0.3 is 0 Å². The molecule has 0 bridgehead atoms. The smallest absolute Gasteiger partial charge is 0.256 e. The first-order valence-corrected chi connectivity index (χ1v) is 48.8. The molecule has 8 heterocycles. The lowest BCUT2D eigenvalue weighted by molar-refractivity contribution is 0.0723. The van der Waals surface area contributed by atoms with Gasteiger partial charge in [0.1, 0.15) is 63.0 Å². The fourth-order valence-corrected chi connectivity index (χ4v) is 17.0. The molecule has 0 radical (unpaired) electrons. The van der Waals surface area contributed by atoms with Crippen LogP contribution < -0.4 is 0 Å². The molecular formula is C110H139F2N19O11. The van der Waals surface area contributed by atoms with Gasteiger partial charge in [0.05, 0.1) is 76.6 Å². The van der Waals surface area contributed by atoms with E-state index in [9.17, 15) is 37.9 Å². The van der Waals surface area contributed by atoms with Gasteiger partial charge in [0.15, 0.2) is 35.3 Å². The summed E-state index contributed by atoms with van der Waals surface area (Å²) >= 11 is 0. The van der Waals surface area contributed by atoms with Crippen molar-refractivity contribution in [1.82, 2.24) is 94.4 Å². The number of hydrogen-bond acceptors (Lipinski definition) is 22. The van der Waals surface area contributed by atoms with Gasteiger partial charge < -0.3 is 51.7 Å². The second kappa shape index (κ2) is 47.5. The van der Waals surface area contributed by atoms with Crippen LogP contribution in [0.5, 0.6) is 0 Å². The largest absolute Gasteiger partial charge is 0.446 e.